The number of ether oxygens (including phenoxy) is 1. The van der Waals surface area contributed by atoms with E-state index in [1.807, 2.05) is 6.92 Å². The number of aryl methyl sites for hydroxylation is 1. The Hall–Kier alpha value is -1.65. The van der Waals surface area contributed by atoms with Crippen LogP contribution in [-0.2, 0) is 20.0 Å². The molecule has 0 fully saturated rings. The Bertz CT molecular complexity index is 990. The van der Waals surface area contributed by atoms with Gasteiger partial charge in [0.2, 0.25) is 20.0 Å². The van der Waals surface area contributed by atoms with Gasteiger partial charge in [0.25, 0.3) is 0 Å². The maximum absolute atomic E-state index is 12.5. The van der Waals surface area contributed by atoms with Crippen LogP contribution >= 0.6 is 11.6 Å². The van der Waals surface area contributed by atoms with E-state index >= 15 is 0 Å². The van der Waals surface area contributed by atoms with Crippen molar-refractivity contribution in [3.05, 3.63) is 53.1 Å². The van der Waals surface area contributed by atoms with Crippen molar-refractivity contribution in [2.24, 2.45) is 0 Å². The minimum atomic E-state index is -3.92. The maximum Gasteiger partial charge on any atom is 0.244 e. The van der Waals surface area contributed by atoms with Gasteiger partial charge in [-0.15, -0.1) is 0 Å². The molecule has 0 aromatic heterocycles. The third-order valence-corrected chi connectivity index (χ3v) is 6.73. The number of rotatable bonds is 9. The highest BCUT2D eigenvalue weighted by molar-refractivity contribution is 7.90. The van der Waals surface area contributed by atoms with E-state index < -0.39 is 20.0 Å². The van der Waals surface area contributed by atoms with E-state index in [1.165, 1.54) is 30.3 Å². The minimum absolute atomic E-state index is 0.0989. The highest BCUT2D eigenvalue weighted by Crippen LogP contribution is 2.27. The van der Waals surface area contributed by atoms with E-state index in [4.69, 9.17) is 16.3 Å². The molecule has 0 radical (unpaired) electrons. The molecule has 0 saturated heterocycles. The number of hydrogen-bond acceptors (Lipinski definition) is 5. The van der Waals surface area contributed by atoms with E-state index in [0.717, 1.165) is 5.56 Å². The van der Waals surface area contributed by atoms with Crippen molar-refractivity contribution >= 4 is 31.6 Å². The second-order valence-corrected chi connectivity index (χ2v) is 9.57. The molecule has 2 aromatic carbocycles. The van der Waals surface area contributed by atoms with Gasteiger partial charge in [-0.05, 0) is 44.2 Å². The smallest absolute Gasteiger partial charge is 0.244 e. The Kier molecular flexibility index (Phi) is 7.24. The van der Waals surface area contributed by atoms with E-state index in [-0.39, 0.29) is 33.7 Å². The van der Waals surface area contributed by atoms with Crippen LogP contribution in [0, 0.1) is 6.92 Å². The second kappa shape index (κ2) is 9.03. The Morgan fingerprint density at radius 2 is 1.52 bits per heavy atom. The minimum Gasteiger partial charge on any atom is -0.492 e. The normalized spacial score (nSPS) is 12.1. The van der Waals surface area contributed by atoms with Crippen LogP contribution in [0.1, 0.15) is 12.5 Å². The summed E-state index contributed by atoms with van der Waals surface area (Å²) >= 11 is 5.88. The van der Waals surface area contributed by atoms with Gasteiger partial charge in [0.1, 0.15) is 10.6 Å². The average molecular weight is 433 g/mol. The van der Waals surface area contributed by atoms with Gasteiger partial charge in [-0.3, -0.25) is 0 Å². The largest absolute Gasteiger partial charge is 0.492 e. The van der Waals surface area contributed by atoms with Crippen LogP contribution in [0.4, 0.5) is 0 Å². The molecular weight excluding hydrogens is 412 g/mol. The summed E-state index contributed by atoms with van der Waals surface area (Å²) in [6.07, 6.45) is 0. The third-order valence-electron chi connectivity index (χ3n) is 3.54. The predicted octanol–water partition coefficient (Wildman–Crippen LogP) is 2.30. The maximum atomic E-state index is 12.5. The third kappa shape index (κ3) is 5.91. The van der Waals surface area contributed by atoms with Crippen LogP contribution in [0.25, 0.3) is 0 Å². The van der Waals surface area contributed by atoms with Crippen molar-refractivity contribution in [2.45, 2.75) is 23.6 Å². The van der Waals surface area contributed by atoms with Crippen LogP contribution in [0.3, 0.4) is 0 Å². The van der Waals surface area contributed by atoms with E-state index in [9.17, 15) is 16.8 Å². The summed E-state index contributed by atoms with van der Waals surface area (Å²) in [6, 6.07) is 10.6. The van der Waals surface area contributed by atoms with Gasteiger partial charge in [0.05, 0.1) is 11.5 Å². The van der Waals surface area contributed by atoms with E-state index in [2.05, 4.69) is 9.44 Å². The lowest BCUT2D eigenvalue weighted by molar-refractivity contribution is 0.331. The summed E-state index contributed by atoms with van der Waals surface area (Å²) in [5.41, 5.74) is 0.938. The van der Waals surface area contributed by atoms with Gasteiger partial charge in [0, 0.05) is 18.1 Å². The highest BCUT2D eigenvalue weighted by Gasteiger charge is 2.20. The summed E-state index contributed by atoms with van der Waals surface area (Å²) in [4.78, 5) is 0.0164. The molecular formula is C17H21ClN2O5S2. The first-order valence-corrected chi connectivity index (χ1v) is 11.5. The fraction of sp³-hybridized carbons (Fsp3) is 0.294. The number of benzene rings is 2. The number of hydrogen-bond donors (Lipinski definition) is 2. The van der Waals surface area contributed by atoms with Gasteiger partial charge in [0.15, 0.2) is 0 Å². The molecule has 0 aliphatic carbocycles. The molecule has 27 heavy (non-hydrogen) atoms. The Morgan fingerprint density at radius 1 is 0.926 bits per heavy atom. The van der Waals surface area contributed by atoms with Gasteiger partial charge in [-0.2, -0.15) is 0 Å². The molecule has 0 amide bonds. The Balaban J connectivity index is 2.02. The number of sulfonamides is 2. The molecule has 0 aliphatic rings. The summed E-state index contributed by atoms with van der Waals surface area (Å²) in [6.45, 7) is 3.63. The molecule has 2 N–H and O–H groups in total. The molecule has 0 bridgehead atoms. The standard InChI is InChI=1S/C17H21ClN2O5S2/c1-3-25-16-9-6-14(18)12-17(16)27(23,24)20-11-10-19-26(21,22)15-7-4-13(2)5-8-15/h4-9,12,19-20H,3,10-11H2,1-2H3. The molecule has 0 unspecified atom stereocenters. The predicted molar refractivity (Wildman–Crippen MR) is 104 cm³/mol. The molecule has 2 rings (SSSR count). The van der Waals surface area contributed by atoms with Crippen molar-refractivity contribution in [1.82, 2.24) is 9.44 Å². The molecule has 10 heteroatoms. The van der Waals surface area contributed by atoms with Gasteiger partial charge >= 0.3 is 0 Å². The molecule has 0 aliphatic heterocycles. The topological polar surface area (TPSA) is 102 Å². The molecule has 7 nitrogen and oxygen atoms in total. The number of nitrogens with one attached hydrogen (secondary N) is 2. The molecule has 0 atom stereocenters. The first-order chi connectivity index (χ1) is 12.7. The van der Waals surface area contributed by atoms with Gasteiger partial charge in [-0.25, -0.2) is 26.3 Å². The Labute approximate surface area is 164 Å². The summed E-state index contributed by atoms with van der Waals surface area (Å²) < 4.78 is 59.4. The van der Waals surface area contributed by atoms with Crippen molar-refractivity contribution in [3.8, 4) is 5.75 Å². The van der Waals surface area contributed by atoms with Gasteiger partial charge < -0.3 is 4.74 Å². The van der Waals surface area contributed by atoms with Crippen LogP contribution in [0.2, 0.25) is 5.02 Å². The van der Waals surface area contributed by atoms with Crippen LogP contribution in [-0.4, -0.2) is 36.5 Å². The zero-order valence-corrected chi connectivity index (χ0v) is 17.3. The summed E-state index contributed by atoms with van der Waals surface area (Å²) in [7, 11) is -7.63. The summed E-state index contributed by atoms with van der Waals surface area (Å²) in [5.74, 6) is 0.176. The second-order valence-electron chi connectivity index (χ2n) is 5.63. The van der Waals surface area contributed by atoms with Crippen LogP contribution in [0.15, 0.2) is 52.3 Å². The quantitative estimate of drug-likeness (QED) is 0.592. The van der Waals surface area contributed by atoms with Crippen LogP contribution in [0.5, 0.6) is 5.75 Å². The zero-order valence-electron chi connectivity index (χ0n) is 14.9. The van der Waals surface area contributed by atoms with Crippen molar-refractivity contribution in [2.75, 3.05) is 19.7 Å². The Morgan fingerprint density at radius 3 is 2.11 bits per heavy atom. The lowest BCUT2D eigenvalue weighted by atomic mass is 10.2. The average Bonchev–Trinajstić information content (AvgIpc) is 2.61. The molecule has 0 spiro atoms. The lowest BCUT2D eigenvalue weighted by Gasteiger charge is -2.13. The zero-order chi connectivity index (χ0) is 20.1. The van der Waals surface area contributed by atoms with Crippen molar-refractivity contribution < 1.29 is 21.6 Å². The highest BCUT2D eigenvalue weighted by atomic mass is 35.5. The van der Waals surface area contributed by atoms with Crippen LogP contribution < -0.4 is 14.2 Å². The van der Waals surface area contributed by atoms with Gasteiger partial charge in [-0.1, -0.05) is 29.3 Å². The molecule has 0 saturated carbocycles. The van der Waals surface area contributed by atoms with E-state index in [0.29, 0.717) is 6.61 Å². The molecule has 2 aromatic rings. The van der Waals surface area contributed by atoms with Crippen molar-refractivity contribution in [1.29, 1.82) is 0 Å². The monoisotopic (exact) mass is 432 g/mol. The molecule has 0 heterocycles. The fourth-order valence-electron chi connectivity index (χ4n) is 2.22. The number of halogens is 1. The first-order valence-electron chi connectivity index (χ1n) is 8.14. The lowest BCUT2D eigenvalue weighted by Crippen LogP contribution is -2.34. The summed E-state index contributed by atoms with van der Waals surface area (Å²) in [5, 5.41) is 0.249. The molecule has 148 valence electrons. The fourth-order valence-corrected chi connectivity index (χ4v) is 4.68. The van der Waals surface area contributed by atoms with E-state index in [1.54, 1.807) is 19.1 Å². The van der Waals surface area contributed by atoms with Crippen molar-refractivity contribution in [3.63, 3.8) is 0 Å². The first kappa shape index (κ1) is 21.6. The SMILES string of the molecule is CCOc1ccc(Cl)cc1S(=O)(=O)NCCNS(=O)(=O)c1ccc(C)cc1.